The van der Waals surface area contributed by atoms with Gasteiger partial charge in [0.15, 0.2) is 0 Å². The molecule has 1 N–H and O–H groups in total. The smallest absolute Gasteiger partial charge is 0.322 e. The standard InChI is InChI=1S/C18H24N2O3/c1-2-12-23-16-7-4-3-6-15(16)19-17(22)20-11-8-14(21)13-18(20)9-5-10-18/h3-4,6-7H,2,5,8-13H2,1H3,(H,19,22). The van der Waals surface area contributed by atoms with Crippen LogP contribution in [0.25, 0.3) is 0 Å². The molecule has 2 fully saturated rings. The lowest BCUT2D eigenvalue weighted by Gasteiger charge is -2.52. The molecule has 23 heavy (non-hydrogen) atoms. The van der Waals surface area contributed by atoms with Crippen molar-refractivity contribution in [2.75, 3.05) is 18.5 Å². The van der Waals surface area contributed by atoms with Crippen molar-refractivity contribution in [3.8, 4) is 5.75 Å². The maximum Gasteiger partial charge on any atom is 0.322 e. The largest absolute Gasteiger partial charge is 0.491 e. The number of anilines is 1. The molecule has 3 rings (SSSR count). The summed E-state index contributed by atoms with van der Waals surface area (Å²) in [7, 11) is 0. The van der Waals surface area contributed by atoms with E-state index in [-0.39, 0.29) is 17.4 Å². The summed E-state index contributed by atoms with van der Waals surface area (Å²) in [4.78, 5) is 26.4. The van der Waals surface area contributed by atoms with E-state index < -0.39 is 0 Å². The van der Waals surface area contributed by atoms with Crippen LogP contribution in [0.4, 0.5) is 10.5 Å². The van der Waals surface area contributed by atoms with E-state index in [0.717, 1.165) is 25.7 Å². The minimum absolute atomic E-state index is 0.121. The summed E-state index contributed by atoms with van der Waals surface area (Å²) in [6.07, 6.45) is 4.84. The zero-order chi connectivity index (χ0) is 16.3. The van der Waals surface area contributed by atoms with Crippen molar-refractivity contribution in [1.29, 1.82) is 0 Å². The van der Waals surface area contributed by atoms with Gasteiger partial charge in [-0.05, 0) is 37.8 Å². The van der Waals surface area contributed by atoms with Crippen molar-refractivity contribution in [1.82, 2.24) is 4.90 Å². The topological polar surface area (TPSA) is 58.6 Å². The Labute approximate surface area is 137 Å². The van der Waals surface area contributed by atoms with Gasteiger partial charge in [-0.2, -0.15) is 0 Å². The quantitative estimate of drug-likeness (QED) is 0.923. The minimum atomic E-state index is -0.237. The van der Waals surface area contributed by atoms with E-state index in [1.165, 1.54) is 0 Å². The molecule has 1 heterocycles. The number of amides is 2. The Hall–Kier alpha value is -2.04. The van der Waals surface area contributed by atoms with Gasteiger partial charge in [-0.25, -0.2) is 4.79 Å². The predicted octanol–water partition coefficient (Wildman–Crippen LogP) is 3.59. The van der Waals surface area contributed by atoms with Crippen molar-refractivity contribution >= 4 is 17.5 Å². The Kier molecular flexibility index (Phi) is 4.55. The normalized spacial score (nSPS) is 19.3. The number of carbonyl (C=O) groups is 2. The molecule has 2 amide bonds. The lowest BCUT2D eigenvalue weighted by molar-refractivity contribution is -0.127. The number of nitrogens with one attached hydrogen (secondary N) is 1. The number of nitrogens with zero attached hydrogens (tertiary/aromatic N) is 1. The van der Waals surface area contributed by atoms with Crippen LogP contribution in [0.3, 0.4) is 0 Å². The first-order chi connectivity index (χ1) is 11.1. The van der Waals surface area contributed by atoms with Gasteiger partial charge in [0, 0.05) is 19.4 Å². The number of carbonyl (C=O) groups excluding carboxylic acids is 2. The average Bonchev–Trinajstić information content (AvgIpc) is 2.52. The molecule has 1 spiro atoms. The summed E-state index contributed by atoms with van der Waals surface area (Å²) < 4.78 is 5.70. The molecule has 1 aromatic carbocycles. The van der Waals surface area contributed by atoms with Gasteiger partial charge in [0.25, 0.3) is 0 Å². The van der Waals surface area contributed by atoms with E-state index in [0.29, 0.717) is 37.4 Å². The van der Waals surface area contributed by atoms with E-state index in [9.17, 15) is 9.59 Å². The number of hydrogen-bond donors (Lipinski definition) is 1. The third-order valence-electron chi connectivity index (χ3n) is 4.83. The number of piperidine rings is 1. The second-order valence-corrected chi connectivity index (χ2v) is 6.47. The third kappa shape index (κ3) is 3.19. The van der Waals surface area contributed by atoms with Crippen LogP contribution >= 0.6 is 0 Å². The lowest BCUT2D eigenvalue weighted by Crippen LogP contribution is -2.61. The molecule has 1 aromatic rings. The van der Waals surface area contributed by atoms with Gasteiger partial charge in [0.1, 0.15) is 11.5 Å². The van der Waals surface area contributed by atoms with Gasteiger partial charge < -0.3 is 15.0 Å². The van der Waals surface area contributed by atoms with Crippen molar-refractivity contribution in [3.63, 3.8) is 0 Å². The molecule has 1 saturated carbocycles. The van der Waals surface area contributed by atoms with Crippen LogP contribution in [-0.2, 0) is 4.79 Å². The number of para-hydroxylation sites is 2. The molecule has 124 valence electrons. The zero-order valence-electron chi connectivity index (χ0n) is 13.6. The first kappa shape index (κ1) is 15.8. The summed E-state index contributed by atoms with van der Waals surface area (Å²) in [5, 5.41) is 2.98. The molecule has 5 nitrogen and oxygen atoms in total. The van der Waals surface area contributed by atoms with E-state index in [4.69, 9.17) is 4.74 Å². The third-order valence-corrected chi connectivity index (χ3v) is 4.83. The average molecular weight is 316 g/mol. The Morgan fingerprint density at radius 3 is 2.83 bits per heavy atom. The van der Waals surface area contributed by atoms with E-state index >= 15 is 0 Å². The van der Waals surface area contributed by atoms with Crippen LogP contribution in [0.15, 0.2) is 24.3 Å². The fourth-order valence-electron chi connectivity index (χ4n) is 3.46. The number of rotatable bonds is 4. The molecule has 2 aliphatic rings. The maximum atomic E-state index is 12.8. The SMILES string of the molecule is CCCOc1ccccc1NC(=O)N1CCC(=O)CC12CCC2. The van der Waals surface area contributed by atoms with Crippen molar-refractivity contribution in [2.24, 2.45) is 0 Å². The first-order valence-corrected chi connectivity index (χ1v) is 8.47. The number of benzene rings is 1. The van der Waals surface area contributed by atoms with Crippen LogP contribution in [0.1, 0.15) is 45.4 Å². The first-order valence-electron chi connectivity index (χ1n) is 8.47. The fourth-order valence-corrected chi connectivity index (χ4v) is 3.46. The van der Waals surface area contributed by atoms with Gasteiger partial charge in [0.2, 0.25) is 0 Å². The number of hydrogen-bond acceptors (Lipinski definition) is 3. The maximum absolute atomic E-state index is 12.8. The monoisotopic (exact) mass is 316 g/mol. The number of ketones is 1. The molecular weight excluding hydrogens is 292 g/mol. The summed E-state index contributed by atoms with van der Waals surface area (Å²) >= 11 is 0. The van der Waals surface area contributed by atoms with Crippen LogP contribution in [0, 0.1) is 0 Å². The molecule has 1 saturated heterocycles. The van der Waals surface area contributed by atoms with Crippen LogP contribution in [0.5, 0.6) is 5.75 Å². The highest BCUT2D eigenvalue weighted by molar-refractivity contribution is 5.93. The second kappa shape index (κ2) is 6.60. The predicted molar refractivity (Wildman–Crippen MR) is 88.8 cm³/mol. The highest BCUT2D eigenvalue weighted by Gasteiger charge is 2.48. The second-order valence-electron chi connectivity index (χ2n) is 6.47. The molecule has 5 heteroatoms. The van der Waals surface area contributed by atoms with Crippen LogP contribution in [-0.4, -0.2) is 35.4 Å². The van der Waals surface area contributed by atoms with E-state index in [1.807, 2.05) is 36.1 Å². The highest BCUT2D eigenvalue weighted by Crippen LogP contribution is 2.43. The molecule has 0 radical (unpaired) electrons. The van der Waals surface area contributed by atoms with Crippen molar-refractivity contribution in [2.45, 2.75) is 51.0 Å². The van der Waals surface area contributed by atoms with E-state index in [1.54, 1.807) is 0 Å². The molecule has 0 aromatic heterocycles. The molecule has 1 aliphatic heterocycles. The number of Topliss-reactive ketones (excluding diaryl/α,β-unsaturated/α-hetero) is 1. The summed E-state index contributed by atoms with van der Waals surface area (Å²) in [5.74, 6) is 0.971. The van der Waals surface area contributed by atoms with Crippen LogP contribution < -0.4 is 10.1 Å². The Morgan fingerprint density at radius 2 is 2.13 bits per heavy atom. The number of urea groups is 1. The van der Waals surface area contributed by atoms with Crippen molar-refractivity contribution in [3.05, 3.63) is 24.3 Å². The highest BCUT2D eigenvalue weighted by atomic mass is 16.5. The Morgan fingerprint density at radius 1 is 1.35 bits per heavy atom. The minimum Gasteiger partial charge on any atom is -0.491 e. The molecule has 0 bridgehead atoms. The lowest BCUT2D eigenvalue weighted by atomic mass is 9.70. The molecule has 1 aliphatic carbocycles. The molecule has 0 unspecified atom stereocenters. The van der Waals surface area contributed by atoms with Gasteiger partial charge >= 0.3 is 6.03 Å². The molecular formula is C18H24N2O3. The van der Waals surface area contributed by atoms with Gasteiger partial charge in [-0.3, -0.25) is 4.79 Å². The Bertz CT molecular complexity index is 596. The number of likely N-dealkylation sites (tertiary alicyclic amines) is 1. The van der Waals surface area contributed by atoms with Crippen LogP contribution in [0.2, 0.25) is 0 Å². The van der Waals surface area contributed by atoms with Gasteiger partial charge in [-0.15, -0.1) is 0 Å². The van der Waals surface area contributed by atoms with E-state index in [2.05, 4.69) is 5.32 Å². The van der Waals surface area contributed by atoms with Gasteiger partial charge in [0.05, 0.1) is 17.8 Å². The summed E-state index contributed by atoms with van der Waals surface area (Å²) in [6.45, 7) is 3.18. The summed E-state index contributed by atoms with van der Waals surface area (Å²) in [5.41, 5.74) is 0.455. The fraction of sp³-hybridized carbons (Fsp3) is 0.556. The Balaban J connectivity index is 1.73. The van der Waals surface area contributed by atoms with Crippen molar-refractivity contribution < 1.29 is 14.3 Å². The van der Waals surface area contributed by atoms with Gasteiger partial charge in [-0.1, -0.05) is 19.1 Å². The molecule has 0 atom stereocenters. The zero-order valence-corrected chi connectivity index (χ0v) is 13.6. The number of ether oxygens (including phenoxy) is 1. The summed E-state index contributed by atoms with van der Waals surface area (Å²) in [6, 6.07) is 7.38.